The first-order chi connectivity index (χ1) is 12.9. The maximum Gasteiger partial charge on any atom is 0.321 e. The predicted octanol–water partition coefficient (Wildman–Crippen LogP) is 1.43. The molecule has 2 aromatic rings. The maximum atomic E-state index is 13.6. The molecule has 27 heavy (non-hydrogen) atoms. The molecule has 2 amide bonds. The highest BCUT2D eigenvalue weighted by molar-refractivity contribution is 6.23. The third-order valence-electron chi connectivity index (χ3n) is 5.08. The van der Waals surface area contributed by atoms with Crippen LogP contribution in [0.25, 0.3) is 0 Å². The van der Waals surface area contributed by atoms with E-state index in [1.165, 1.54) is 24.3 Å². The average Bonchev–Trinajstić information content (AvgIpc) is 3.13. The molecule has 2 heterocycles. The van der Waals surface area contributed by atoms with Gasteiger partial charge in [0.25, 0.3) is 0 Å². The molecule has 7 nitrogen and oxygen atoms in total. The number of amides is 2. The standard InChI is InChI=1S/C19H15FN2O5/c20-9-4-3-5-10(8-9)22-17(24)13-14(18(22)25)16(19(26)27)21-15(13)11-6-1-2-7-12(11)23/h1-8,13-16,21,23H,(H,26,27)/t13-,14+,15+,16+/m1/s1. The predicted molar refractivity (Wildman–Crippen MR) is 91.3 cm³/mol. The van der Waals surface area contributed by atoms with Crippen LogP contribution in [-0.2, 0) is 14.4 Å². The minimum atomic E-state index is -1.30. The van der Waals surface area contributed by atoms with Gasteiger partial charge < -0.3 is 10.2 Å². The van der Waals surface area contributed by atoms with E-state index in [1.807, 2.05) is 0 Å². The molecule has 2 saturated heterocycles. The number of fused-ring (bicyclic) bond motifs is 1. The van der Waals surface area contributed by atoms with E-state index in [-0.39, 0.29) is 11.4 Å². The van der Waals surface area contributed by atoms with Crippen LogP contribution in [0, 0.1) is 17.7 Å². The van der Waals surface area contributed by atoms with Gasteiger partial charge in [0.15, 0.2) is 0 Å². The molecule has 0 unspecified atom stereocenters. The first-order valence-electron chi connectivity index (χ1n) is 8.30. The van der Waals surface area contributed by atoms with E-state index in [4.69, 9.17) is 0 Å². The smallest absolute Gasteiger partial charge is 0.321 e. The fraction of sp³-hybridized carbons (Fsp3) is 0.211. The molecule has 0 aliphatic carbocycles. The number of rotatable bonds is 3. The number of aliphatic carboxylic acids is 1. The second kappa shape index (κ2) is 6.17. The molecule has 0 saturated carbocycles. The fourth-order valence-electron chi connectivity index (χ4n) is 3.94. The molecule has 8 heteroatoms. The Morgan fingerprint density at radius 1 is 1.04 bits per heavy atom. The summed E-state index contributed by atoms with van der Waals surface area (Å²) in [5, 5.41) is 22.5. The van der Waals surface area contributed by atoms with Crippen molar-refractivity contribution in [2.45, 2.75) is 12.1 Å². The summed E-state index contributed by atoms with van der Waals surface area (Å²) in [6, 6.07) is 9.10. The highest BCUT2D eigenvalue weighted by Gasteiger charge is 2.61. The lowest BCUT2D eigenvalue weighted by Gasteiger charge is -2.22. The van der Waals surface area contributed by atoms with Gasteiger partial charge in [-0.15, -0.1) is 0 Å². The van der Waals surface area contributed by atoms with Crippen molar-refractivity contribution < 1.29 is 29.0 Å². The highest BCUT2D eigenvalue weighted by Crippen LogP contribution is 2.46. The van der Waals surface area contributed by atoms with Gasteiger partial charge in [-0.25, -0.2) is 9.29 Å². The Kier molecular flexibility index (Phi) is 3.92. The molecule has 4 rings (SSSR count). The number of carboxylic acid groups (broad SMARTS) is 1. The maximum absolute atomic E-state index is 13.6. The van der Waals surface area contributed by atoms with E-state index in [0.717, 1.165) is 11.0 Å². The van der Waals surface area contributed by atoms with Gasteiger partial charge in [-0.3, -0.25) is 19.7 Å². The lowest BCUT2D eigenvalue weighted by Crippen LogP contribution is -2.43. The number of hydrogen-bond acceptors (Lipinski definition) is 5. The molecule has 0 aromatic heterocycles. The number of halogens is 1. The van der Waals surface area contributed by atoms with Crippen LogP contribution in [0.15, 0.2) is 48.5 Å². The Labute approximate surface area is 153 Å². The van der Waals surface area contributed by atoms with Crippen LogP contribution < -0.4 is 10.2 Å². The zero-order valence-electron chi connectivity index (χ0n) is 13.9. The van der Waals surface area contributed by atoms with Gasteiger partial charge in [-0.05, 0) is 24.3 Å². The summed E-state index contributed by atoms with van der Waals surface area (Å²) in [5.74, 6) is -5.49. The minimum Gasteiger partial charge on any atom is -0.508 e. The third-order valence-corrected chi connectivity index (χ3v) is 5.08. The number of benzene rings is 2. The Balaban J connectivity index is 1.80. The summed E-state index contributed by atoms with van der Waals surface area (Å²) in [5.41, 5.74) is 0.387. The number of carbonyl (C=O) groups is 3. The number of carboxylic acids is 1. The lowest BCUT2D eigenvalue weighted by molar-refractivity contribution is -0.142. The van der Waals surface area contributed by atoms with E-state index >= 15 is 0 Å². The number of nitrogens with zero attached hydrogens (tertiary/aromatic N) is 1. The molecule has 0 radical (unpaired) electrons. The summed E-state index contributed by atoms with van der Waals surface area (Å²) < 4.78 is 13.6. The first-order valence-corrected chi connectivity index (χ1v) is 8.30. The van der Waals surface area contributed by atoms with Crippen molar-refractivity contribution in [1.29, 1.82) is 0 Å². The van der Waals surface area contributed by atoms with Crippen molar-refractivity contribution in [3.63, 3.8) is 0 Å². The molecule has 4 atom stereocenters. The summed E-state index contributed by atoms with van der Waals surface area (Å²) in [6.45, 7) is 0. The van der Waals surface area contributed by atoms with Crippen molar-refractivity contribution >= 4 is 23.5 Å². The van der Waals surface area contributed by atoms with E-state index in [9.17, 15) is 29.0 Å². The molecule has 2 aromatic carbocycles. The zero-order chi connectivity index (χ0) is 19.3. The molecule has 2 aliphatic rings. The summed E-state index contributed by atoms with van der Waals surface area (Å²) in [6.07, 6.45) is 0. The SMILES string of the molecule is O=C(O)[C@H]1N[C@@H](c2ccccc2O)[C@@H]2C(=O)N(c3cccc(F)c3)C(=O)[C@@H]21. The number of nitrogens with one attached hydrogen (secondary N) is 1. The van der Waals surface area contributed by atoms with E-state index in [1.54, 1.807) is 18.2 Å². The number of anilines is 1. The summed E-state index contributed by atoms with van der Waals surface area (Å²) in [4.78, 5) is 38.5. The van der Waals surface area contributed by atoms with Gasteiger partial charge in [0, 0.05) is 11.6 Å². The average molecular weight is 370 g/mol. The largest absolute Gasteiger partial charge is 0.508 e. The lowest BCUT2D eigenvalue weighted by atomic mass is 9.86. The molecule has 2 aliphatic heterocycles. The van der Waals surface area contributed by atoms with Crippen LogP contribution in [0.3, 0.4) is 0 Å². The van der Waals surface area contributed by atoms with Gasteiger partial charge in [-0.2, -0.15) is 0 Å². The molecule has 3 N–H and O–H groups in total. The van der Waals surface area contributed by atoms with Crippen molar-refractivity contribution in [1.82, 2.24) is 5.32 Å². The van der Waals surface area contributed by atoms with Crippen LogP contribution in [0.2, 0.25) is 0 Å². The quantitative estimate of drug-likeness (QED) is 0.706. The monoisotopic (exact) mass is 370 g/mol. The van der Waals surface area contributed by atoms with Crippen molar-refractivity contribution in [3.8, 4) is 5.75 Å². The second-order valence-electron chi connectivity index (χ2n) is 6.56. The Morgan fingerprint density at radius 3 is 2.41 bits per heavy atom. The number of phenols is 1. The van der Waals surface area contributed by atoms with Gasteiger partial charge in [-0.1, -0.05) is 24.3 Å². The van der Waals surface area contributed by atoms with Crippen molar-refractivity contribution in [2.75, 3.05) is 4.90 Å². The number of aromatic hydroxyl groups is 1. The summed E-state index contributed by atoms with van der Waals surface area (Å²) in [7, 11) is 0. The van der Waals surface area contributed by atoms with E-state index < -0.39 is 47.5 Å². The Hall–Kier alpha value is -3.26. The van der Waals surface area contributed by atoms with Crippen molar-refractivity contribution in [2.24, 2.45) is 11.8 Å². The topological polar surface area (TPSA) is 107 Å². The Morgan fingerprint density at radius 2 is 1.74 bits per heavy atom. The van der Waals surface area contributed by atoms with Gasteiger partial charge in [0.2, 0.25) is 11.8 Å². The minimum absolute atomic E-state index is 0.0552. The van der Waals surface area contributed by atoms with Gasteiger partial charge in [0.1, 0.15) is 17.6 Å². The highest BCUT2D eigenvalue weighted by atomic mass is 19.1. The van der Waals surface area contributed by atoms with Crippen LogP contribution >= 0.6 is 0 Å². The van der Waals surface area contributed by atoms with Crippen LogP contribution in [-0.4, -0.2) is 34.0 Å². The number of para-hydroxylation sites is 1. The number of phenolic OH excluding ortho intramolecular Hbond substituents is 1. The molecular weight excluding hydrogens is 355 g/mol. The molecule has 138 valence electrons. The van der Waals surface area contributed by atoms with E-state index in [2.05, 4.69) is 5.32 Å². The van der Waals surface area contributed by atoms with Crippen LogP contribution in [0.1, 0.15) is 11.6 Å². The molecule has 2 fully saturated rings. The van der Waals surface area contributed by atoms with Crippen LogP contribution in [0.4, 0.5) is 10.1 Å². The third kappa shape index (κ3) is 2.57. The van der Waals surface area contributed by atoms with Gasteiger partial charge in [0.05, 0.1) is 17.5 Å². The molecule has 0 spiro atoms. The first kappa shape index (κ1) is 17.2. The van der Waals surface area contributed by atoms with Crippen LogP contribution in [0.5, 0.6) is 5.75 Å². The molecular formula is C19H15FN2O5. The second-order valence-corrected chi connectivity index (χ2v) is 6.56. The zero-order valence-corrected chi connectivity index (χ0v) is 13.9. The normalized spacial score (nSPS) is 27.1. The van der Waals surface area contributed by atoms with Gasteiger partial charge >= 0.3 is 5.97 Å². The Bertz CT molecular complexity index is 963. The number of hydrogen-bond donors (Lipinski definition) is 3. The number of carbonyl (C=O) groups excluding carboxylic acids is 2. The molecule has 0 bridgehead atoms. The van der Waals surface area contributed by atoms with Crippen molar-refractivity contribution in [3.05, 3.63) is 59.9 Å². The van der Waals surface area contributed by atoms with E-state index in [0.29, 0.717) is 5.56 Å². The number of imide groups is 1. The summed E-state index contributed by atoms with van der Waals surface area (Å²) >= 11 is 0. The fourth-order valence-corrected chi connectivity index (χ4v) is 3.94.